The first-order valence-corrected chi connectivity index (χ1v) is 4.88. The number of fused-ring (bicyclic) bond motifs is 1. The van der Waals surface area contributed by atoms with Gasteiger partial charge >= 0.3 is 0 Å². The van der Waals surface area contributed by atoms with Gasteiger partial charge in [-0.2, -0.15) is 0 Å². The van der Waals surface area contributed by atoms with E-state index in [-0.39, 0.29) is 17.6 Å². The van der Waals surface area contributed by atoms with Crippen molar-refractivity contribution < 1.29 is 9.53 Å². The van der Waals surface area contributed by atoms with Gasteiger partial charge in [-0.15, -0.1) is 0 Å². The first kappa shape index (κ1) is 9.25. The molecule has 1 aliphatic rings. The Hall–Kier alpha value is -1.31. The van der Waals surface area contributed by atoms with E-state index in [4.69, 9.17) is 4.74 Å². The summed E-state index contributed by atoms with van der Waals surface area (Å²) in [5.74, 6) is 1.44. The minimum absolute atomic E-state index is 0.0845. The summed E-state index contributed by atoms with van der Waals surface area (Å²) in [6.07, 6.45) is 0. The molecule has 0 saturated heterocycles. The van der Waals surface area contributed by atoms with Crippen molar-refractivity contribution in [1.82, 2.24) is 0 Å². The van der Waals surface area contributed by atoms with Gasteiger partial charge in [-0.1, -0.05) is 26.0 Å². The Morgan fingerprint density at radius 2 is 1.93 bits per heavy atom. The van der Waals surface area contributed by atoms with E-state index in [1.54, 1.807) is 7.11 Å². The van der Waals surface area contributed by atoms with Crippen molar-refractivity contribution in [3.8, 4) is 5.75 Å². The Kier molecular flexibility index (Phi) is 2.06. The number of ether oxygens (including phenoxy) is 1. The van der Waals surface area contributed by atoms with E-state index in [0.29, 0.717) is 0 Å². The van der Waals surface area contributed by atoms with Crippen LogP contribution in [0.5, 0.6) is 5.75 Å². The standard InChI is InChI=1S/C12H14O2/c1-7-8(2)12(13)9-5-4-6-10(14-3)11(7)9/h4-8H,1-3H3. The zero-order valence-corrected chi connectivity index (χ0v) is 8.70. The minimum atomic E-state index is 0.0845. The Morgan fingerprint density at radius 3 is 2.57 bits per heavy atom. The Bertz CT molecular complexity index is 382. The van der Waals surface area contributed by atoms with Crippen molar-refractivity contribution in [3.63, 3.8) is 0 Å². The van der Waals surface area contributed by atoms with Crippen LogP contribution in [0.15, 0.2) is 18.2 Å². The molecule has 0 N–H and O–H groups in total. The van der Waals surface area contributed by atoms with Crippen LogP contribution in [0.2, 0.25) is 0 Å². The van der Waals surface area contributed by atoms with Gasteiger partial charge in [0.2, 0.25) is 0 Å². The van der Waals surface area contributed by atoms with Crippen LogP contribution in [0.3, 0.4) is 0 Å². The van der Waals surface area contributed by atoms with E-state index < -0.39 is 0 Å². The number of methoxy groups -OCH3 is 1. The average molecular weight is 190 g/mol. The molecule has 0 radical (unpaired) electrons. The molecule has 1 aliphatic carbocycles. The molecule has 2 unspecified atom stereocenters. The van der Waals surface area contributed by atoms with Gasteiger partial charge < -0.3 is 4.74 Å². The van der Waals surface area contributed by atoms with Gasteiger partial charge in [0.1, 0.15) is 5.75 Å². The molecule has 14 heavy (non-hydrogen) atoms. The molecule has 0 aliphatic heterocycles. The number of Topliss-reactive ketones (excluding diaryl/α,β-unsaturated/α-hetero) is 1. The highest BCUT2D eigenvalue weighted by Crippen LogP contribution is 2.42. The molecule has 0 amide bonds. The predicted molar refractivity (Wildman–Crippen MR) is 54.9 cm³/mol. The Morgan fingerprint density at radius 1 is 1.21 bits per heavy atom. The third-order valence-corrected chi connectivity index (χ3v) is 3.17. The third-order valence-electron chi connectivity index (χ3n) is 3.17. The molecule has 0 aromatic heterocycles. The van der Waals surface area contributed by atoms with Crippen LogP contribution >= 0.6 is 0 Å². The summed E-state index contributed by atoms with van der Waals surface area (Å²) in [4.78, 5) is 11.8. The maximum Gasteiger partial charge on any atom is 0.166 e. The predicted octanol–water partition coefficient (Wildman–Crippen LogP) is 2.63. The summed E-state index contributed by atoms with van der Waals surface area (Å²) in [6, 6.07) is 5.68. The molecule has 0 saturated carbocycles. The fraction of sp³-hybridized carbons (Fsp3) is 0.417. The summed E-state index contributed by atoms with van der Waals surface area (Å²) in [5, 5.41) is 0. The van der Waals surface area contributed by atoms with E-state index in [2.05, 4.69) is 6.92 Å². The highest BCUT2D eigenvalue weighted by atomic mass is 16.5. The molecule has 0 spiro atoms. The highest BCUT2D eigenvalue weighted by molar-refractivity contribution is 6.03. The molecule has 1 aromatic rings. The van der Waals surface area contributed by atoms with Gasteiger partial charge in [-0.25, -0.2) is 0 Å². The van der Waals surface area contributed by atoms with E-state index in [1.807, 2.05) is 25.1 Å². The molecule has 0 fully saturated rings. The van der Waals surface area contributed by atoms with E-state index in [1.165, 1.54) is 0 Å². The van der Waals surface area contributed by atoms with Gasteiger partial charge in [0, 0.05) is 17.0 Å². The minimum Gasteiger partial charge on any atom is -0.496 e. The van der Waals surface area contributed by atoms with Crippen LogP contribution in [-0.2, 0) is 0 Å². The fourth-order valence-electron chi connectivity index (χ4n) is 2.13. The lowest BCUT2D eigenvalue weighted by Gasteiger charge is -2.11. The second-order valence-corrected chi connectivity index (χ2v) is 3.86. The molecule has 1 aromatic carbocycles. The topological polar surface area (TPSA) is 26.3 Å². The van der Waals surface area contributed by atoms with Crippen molar-refractivity contribution in [2.45, 2.75) is 19.8 Å². The zero-order chi connectivity index (χ0) is 10.3. The monoisotopic (exact) mass is 190 g/mol. The van der Waals surface area contributed by atoms with Gasteiger partial charge in [0.15, 0.2) is 5.78 Å². The molecular formula is C12H14O2. The summed E-state index contributed by atoms with van der Waals surface area (Å²) in [5.41, 5.74) is 1.91. The number of carbonyl (C=O) groups is 1. The fourth-order valence-corrected chi connectivity index (χ4v) is 2.13. The lowest BCUT2D eigenvalue weighted by Crippen LogP contribution is -2.06. The number of benzene rings is 1. The maximum absolute atomic E-state index is 11.8. The lowest BCUT2D eigenvalue weighted by molar-refractivity contribution is 0.0937. The van der Waals surface area contributed by atoms with Gasteiger partial charge in [-0.3, -0.25) is 4.79 Å². The van der Waals surface area contributed by atoms with Crippen molar-refractivity contribution in [2.75, 3.05) is 7.11 Å². The van der Waals surface area contributed by atoms with Gasteiger partial charge in [-0.05, 0) is 12.0 Å². The van der Waals surface area contributed by atoms with Crippen LogP contribution in [0.1, 0.15) is 35.7 Å². The molecule has 74 valence electrons. The highest BCUT2D eigenvalue weighted by Gasteiger charge is 2.35. The quantitative estimate of drug-likeness (QED) is 0.680. The number of rotatable bonds is 1. The van der Waals surface area contributed by atoms with Crippen molar-refractivity contribution >= 4 is 5.78 Å². The molecular weight excluding hydrogens is 176 g/mol. The number of hydrogen-bond acceptors (Lipinski definition) is 2. The molecule has 2 rings (SSSR count). The largest absolute Gasteiger partial charge is 0.496 e. The number of hydrogen-bond donors (Lipinski definition) is 0. The van der Waals surface area contributed by atoms with Gasteiger partial charge in [0.25, 0.3) is 0 Å². The van der Waals surface area contributed by atoms with E-state index >= 15 is 0 Å². The van der Waals surface area contributed by atoms with Crippen LogP contribution in [-0.4, -0.2) is 12.9 Å². The second kappa shape index (κ2) is 3.12. The zero-order valence-electron chi connectivity index (χ0n) is 8.70. The van der Waals surface area contributed by atoms with E-state index in [9.17, 15) is 4.79 Å². The van der Waals surface area contributed by atoms with Crippen LogP contribution in [0, 0.1) is 5.92 Å². The average Bonchev–Trinajstić information content (AvgIpc) is 2.44. The molecule has 0 bridgehead atoms. The van der Waals surface area contributed by atoms with Gasteiger partial charge in [0.05, 0.1) is 7.11 Å². The Labute approximate surface area is 83.9 Å². The Balaban J connectivity index is 2.63. The first-order valence-electron chi connectivity index (χ1n) is 4.88. The SMILES string of the molecule is COc1cccc2c1C(C)C(C)C2=O. The smallest absolute Gasteiger partial charge is 0.166 e. The normalized spacial score (nSPS) is 24.9. The summed E-state index contributed by atoms with van der Waals surface area (Å²) in [7, 11) is 1.65. The van der Waals surface area contributed by atoms with Crippen molar-refractivity contribution in [1.29, 1.82) is 0 Å². The van der Waals surface area contributed by atoms with Crippen molar-refractivity contribution in [2.24, 2.45) is 5.92 Å². The van der Waals surface area contributed by atoms with E-state index in [0.717, 1.165) is 16.9 Å². The molecule has 2 atom stereocenters. The number of carbonyl (C=O) groups excluding carboxylic acids is 1. The first-order chi connectivity index (χ1) is 6.66. The second-order valence-electron chi connectivity index (χ2n) is 3.86. The van der Waals surface area contributed by atoms with Crippen LogP contribution in [0.25, 0.3) is 0 Å². The maximum atomic E-state index is 11.8. The summed E-state index contributed by atoms with van der Waals surface area (Å²) in [6.45, 7) is 4.06. The summed E-state index contributed by atoms with van der Waals surface area (Å²) >= 11 is 0. The summed E-state index contributed by atoms with van der Waals surface area (Å²) < 4.78 is 5.27. The molecule has 2 heteroatoms. The molecule has 0 heterocycles. The van der Waals surface area contributed by atoms with Crippen LogP contribution in [0.4, 0.5) is 0 Å². The van der Waals surface area contributed by atoms with Crippen molar-refractivity contribution in [3.05, 3.63) is 29.3 Å². The lowest BCUT2D eigenvalue weighted by atomic mass is 9.96. The third kappa shape index (κ3) is 1.07. The van der Waals surface area contributed by atoms with Crippen LogP contribution < -0.4 is 4.74 Å². The number of ketones is 1. The molecule has 2 nitrogen and oxygen atoms in total.